The van der Waals surface area contributed by atoms with Crippen molar-refractivity contribution in [3.63, 3.8) is 0 Å². The molecule has 1 N–H and O–H groups in total. The molecule has 5 nitrogen and oxygen atoms in total. The molecule has 0 aromatic heterocycles. The molecule has 0 atom stereocenters. The molecule has 0 bridgehead atoms. The van der Waals surface area contributed by atoms with E-state index in [0.717, 1.165) is 0 Å². The van der Waals surface area contributed by atoms with Gasteiger partial charge < -0.3 is 9.47 Å². The maximum absolute atomic E-state index is 13.9. The van der Waals surface area contributed by atoms with E-state index in [1.807, 2.05) is 0 Å². The smallest absolute Gasteiger partial charge is 0.412 e. The number of carbonyl (C=O) groups excluding carboxylic acids is 2. The molecule has 19 heavy (non-hydrogen) atoms. The first-order valence-corrected chi connectivity index (χ1v) is 5.59. The number of rotatable bonds is 3. The first kappa shape index (κ1) is 14.9. The molecule has 6 heteroatoms. The third-order valence-electron chi connectivity index (χ3n) is 2.05. The van der Waals surface area contributed by atoms with Gasteiger partial charge in [0.15, 0.2) is 11.6 Å². The molecule has 0 aliphatic rings. The summed E-state index contributed by atoms with van der Waals surface area (Å²) in [6.07, 6.45) is -0.279. The van der Waals surface area contributed by atoms with Crippen molar-refractivity contribution in [1.29, 1.82) is 0 Å². The lowest BCUT2D eigenvalue weighted by molar-refractivity contribution is 0.0635. The zero-order chi connectivity index (χ0) is 14.6. The number of halogens is 1. The Morgan fingerprint density at radius 2 is 2.00 bits per heavy atom. The van der Waals surface area contributed by atoms with Gasteiger partial charge in [-0.25, -0.2) is 9.18 Å². The number of methoxy groups -OCH3 is 1. The second-order valence-corrected chi connectivity index (χ2v) is 4.83. The Hall–Kier alpha value is -2.11. The maximum Gasteiger partial charge on any atom is 0.412 e. The first-order chi connectivity index (χ1) is 8.76. The molecule has 0 spiro atoms. The molecule has 1 aromatic carbocycles. The molecule has 0 saturated carbocycles. The van der Waals surface area contributed by atoms with Crippen molar-refractivity contribution in [1.82, 2.24) is 0 Å². The Kier molecular flexibility index (Phi) is 4.47. The van der Waals surface area contributed by atoms with E-state index in [9.17, 15) is 14.0 Å². The fraction of sp³-hybridized carbons (Fsp3) is 0.385. The Morgan fingerprint density at radius 1 is 1.37 bits per heavy atom. The van der Waals surface area contributed by atoms with Gasteiger partial charge in [0.1, 0.15) is 11.9 Å². The number of aldehydes is 1. The van der Waals surface area contributed by atoms with Crippen LogP contribution >= 0.6 is 0 Å². The molecular weight excluding hydrogens is 253 g/mol. The summed E-state index contributed by atoms with van der Waals surface area (Å²) in [5.41, 5.74) is -0.688. The summed E-state index contributed by atoms with van der Waals surface area (Å²) in [6, 6.07) is 2.44. The van der Waals surface area contributed by atoms with E-state index in [1.165, 1.54) is 19.2 Å². The van der Waals surface area contributed by atoms with Crippen molar-refractivity contribution in [2.24, 2.45) is 0 Å². The van der Waals surface area contributed by atoms with Crippen LogP contribution in [0.1, 0.15) is 31.1 Å². The fourth-order valence-electron chi connectivity index (χ4n) is 1.34. The molecule has 0 radical (unpaired) electrons. The van der Waals surface area contributed by atoms with Gasteiger partial charge in [-0.1, -0.05) is 0 Å². The van der Waals surface area contributed by atoms with Gasteiger partial charge in [-0.2, -0.15) is 0 Å². The molecule has 0 heterocycles. The Labute approximate surface area is 110 Å². The van der Waals surface area contributed by atoms with E-state index in [-0.39, 0.29) is 17.0 Å². The van der Waals surface area contributed by atoms with E-state index in [4.69, 9.17) is 9.47 Å². The van der Waals surface area contributed by atoms with Crippen molar-refractivity contribution in [3.8, 4) is 5.75 Å². The van der Waals surface area contributed by atoms with Gasteiger partial charge in [0.05, 0.1) is 12.8 Å². The average Bonchev–Trinajstić information content (AvgIpc) is 2.29. The van der Waals surface area contributed by atoms with Gasteiger partial charge in [-0.05, 0) is 32.9 Å². The third-order valence-corrected chi connectivity index (χ3v) is 2.05. The van der Waals surface area contributed by atoms with Gasteiger partial charge in [0.2, 0.25) is 0 Å². The van der Waals surface area contributed by atoms with Crippen LogP contribution in [-0.2, 0) is 4.74 Å². The summed E-state index contributed by atoms with van der Waals surface area (Å²) in [7, 11) is 1.27. The van der Waals surface area contributed by atoms with Gasteiger partial charge in [-0.15, -0.1) is 0 Å². The van der Waals surface area contributed by atoms with Crippen molar-refractivity contribution in [3.05, 3.63) is 23.5 Å². The molecule has 0 aliphatic carbocycles. The number of carbonyl (C=O) groups is 2. The highest BCUT2D eigenvalue weighted by atomic mass is 19.1. The maximum atomic E-state index is 13.9. The molecule has 0 saturated heterocycles. The average molecular weight is 269 g/mol. The van der Waals surface area contributed by atoms with Crippen molar-refractivity contribution >= 4 is 18.1 Å². The van der Waals surface area contributed by atoms with Crippen LogP contribution in [-0.4, -0.2) is 25.1 Å². The highest BCUT2D eigenvalue weighted by molar-refractivity contribution is 5.88. The molecule has 1 amide bonds. The second-order valence-electron chi connectivity index (χ2n) is 4.83. The monoisotopic (exact) mass is 269 g/mol. The van der Waals surface area contributed by atoms with Crippen LogP contribution in [0.3, 0.4) is 0 Å². The topological polar surface area (TPSA) is 64.6 Å². The van der Waals surface area contributed by atoms with Crippen molar-refractivity contribution in [2.75, 3.05) is 12.4 Å². The molecule has 0 unspecified atom stereocenters. The number of anilines is 1. The van der Waals surface area contributed by atoms with Gasteiger partial charge >= 0.3 is 6.09 Å². The number of amides is 1. The second kappa shape index (κ2) is 5.69. The standard InChI is InChI=1S/C13H16FNO4/c1-13(2,3)19-12(17)15-9-5-8(7-16)6-10(18-4)11(9)14/h5-7H,1-4H3,(H,15,17). The van der Waals surface area contributed by atoms with Crippen LogP contribution in [0.4, 0.5) is 14.9 Å². The van der Waals surface area contributed by atoms with E-state index in [2.05, 4.69) is 5.32 Å². The van der Waals surface area contributed by atoms with Gasteiger partial charge in [0, 0.05) is 5.56 Å². The zero-order valence-corrected chi connectivity index (χ0v) is 11.2. The van der Waals surface area contributed by atoms with Crippen LogP contribution in [0.15, 0.2) is 12.1 Å². The summed E-state index contributed by atoms with van der Waals surface area (Å²) < 4.78 is 23.7. The molecule has 104 valence electrons. The summed E-state index contributed by atoms with van der Waals surface area (Å²) in [5.74, 6) is -0.894. The van der Waals surface area contributed by atoms with E-state index in [1.54, 1.807) is 20.8 Å². The van der Waals surface area contributed by atoms with Gasteiger partial charge in [0.25, 0.3) is 0 Å². The van der Waals surface area contributed by atoms with Gasteiger partial charge in [-0.3, -0.25) is 10.1 Å². The lowest BCUT2D eigenvalue weighted by Crippen LogP contribution is -2.27. The molecule has 0 aliphatic heterocycles. The SMILES string of the molecule is COc1cc(C=O)cc(NC(=O)OC(C)(C)C)c1F. The van der Waals surface area contributed by atoms with Crippen LogP contribution in [0.5, 0.6) is 5.75 Å². The van der Waals surface area contributed by atoms with Crippen molar-refractivity contribution in [2.45, 2.75) is 26.4 Å². The molecular formula is C13H16FNO4. The van der Waals surface area contributed by atoms with Crippen LogP contribution in [0.25, 0.3) is 0 Å². The van der Waals surface area contributed by atoms with Crippen molar-refractivity contribution < 1.29 is 23.5 Å². The minimum Gasteiger partial charge on any atom is -0.494 e. The van der Waals surface area contributed by atoms with Crippen LogP contribution in [0, 0.1) is 5.82 Å². The Morgan fingerprint density at radius 3 is 2.47 bits per heavy atom. The number of benzene rings is 1. The highest BCUT2D eigenvalue weighted by Crippen LogP contribution is 2.26. The summed E-state index contributed by atoms with van der Waals surface area (Å²) in [5, 5.41) is 2.24. The van der Waals surface area contributed by atoms with E-state index >= 15 is 0 Å². The minimum absolute atomic E-state index is 0.129. The lowest BCUT2D eigenvalue weighted by Gasteiger charge is -2.20. The number of ether oxygens (including phenoxy) is 2. The summed E-state index contributed by atoms with van der Waals surface area (Å²) in [4.78, 5) is 22.3. The highest BCUT2D eigenvalue weighted by Gasteiger charge is 2.19. The van der Waals surface area contributed by atoms with Crippen LogP contribution < -0.4 is 10.1 Å². The summed E-state index contributed by atoms with van der Waals surface area (Å²) >= 11 is 0. The first-order valence-electron chi connectivity index (χ1n) is 5.59. The third kappa shape index (κ3) is 4.24. The number of nitrogens with one attached hydrogen (secondary N) is 1. The van der Waals surface area contributed by atoms with E-state index in [0.29, 0.717) is 6.29 Å². The fourth-order valence-corrected chi connectivity index (χ4v) is 1.34. The number of hydrogen-bond acceptors (Lipinski definition) is 4. The predicted octanol–water partition coefficient (Wildman–Crippen LogP) is 2.99. The number of hydrogen-bond donors (Lipinski definition) is 1. The molecule has 0 fully saturated rings. The van der Waals surface area contributed by atoms with Crippen LogP contribution in [0.2, 0.25) is 0 Å². The lowest BCUT2D eigenvalue weighted by atomic mass is 10.2. The van der Waals surface area contributed by atoms with E-state index < -0.39 is 17.5 Å². The Balaban J connectivity index is 3.00. The normalized spacial score (nSPS) is 10.8. The predicted molar refractivity (Wildman–Crippen MR) is 68.2 cm³/mol. The largest absolute Gasteiger partial charge is 0.494 e. The molecule has 1 aromatic rings. The Bertz CT molecular complexity index is 494. The zero-order valence-electron chi connectivity index (χ0n) is 11.2. The minimum atomic E-state index is -0.809. The quantitative estimate of drug-likeness (QED) is 0.857. The molecule has 1 rings (SSSR count). The summed E-state index contributed by atoms with van der Waals surface area (Å²) in [6.45, 7) is 5.06.